The molecule has 0 fully saturated rings. The van der Waals surface area contributed by atoms with Crippen LogP contribution in [0.15, 0.2) is 64.0 Å². The van der Waals surface area contributed by atoms with Crippen LogP contribution in [0.25, 0.3) is 11.0 Å². The minimum absolute atomic E-state index is 0.0101. The van der Waals surface area contributed by atoms with Crippen molar-refractivity contribution < 1.29 is 13.9 Å². The summed E-state index contributed by atoms with van der Waals surface area (Å²) in [4.78, 5) is 4.32. The maximum Gasteiger partial charge on any atom is 0.191 e. The second kappa shape index (κ2) is 10.5. The van der Waals surface area contributed by atoms with E-state index < -0.39 is 0 Å². The fourth-order valence-corrected chi connectivity index (χ4v) is 3.01. The molecule has 0 amide bonds. The van der Waals surface area contributed by atoms with Gasteiger partial charge in [-0.1, -0.05) is 30.3 Å². The van der Waals surface area contributed by atoms with Crippen LogP contribution in [-0.4, -0.2) is 33.3 Å². The molecular formula is C23H29N3O3. The molecule has 6 heteroatoms. The number of nitrogens with one attached hydrogen (secondary N) is 2. The Balaban J connectivity index is 1.53. The standard InChI is InChI=1S/C23H29N3O3/c1-17(22-15-19-9-4-5-11-21(19)29-22)26-23(24-2)25-16-18-8-6-10-20(14-18)28-13-7-12-27-3/h4-6,8-11,14-15,17H,7,12-13,16H2,1-3H3,(H2,24,25,26). The van der Waals surface area contributed by atoms with E-state index in [1.807, 2.05) is 42.5 Å². The van der Waals surface area contributed by atoms with E-state index in [0.29, 0.717) is 25.7 Å². The van der Waals surface area contributed by atoms with Gasteiger partial charge in [-0.15, -0.1) is 0 Å². The van der Waals surface area contributed by atoms with Crippen molar-refractivity contribution >= 4 is 16.9 Å². The van der Waals surface area contributed by atoms with Gasteiger partial charge < -0.3 is 24.5 Å². The predicted molar refractivity (Wildman–Crippen MR) is 116 cm³/mol. The highest BCUT2D eigenvalue weighted by Crippen LogP contribution is 2.23. The van der Waals surface area contributed by atoms with Crippen molar-refractivity contribution in [3.63, 3.8) is 0 Å². The number of hydrogen-bond acceptors (Lipinski definition) is 4. The molecular weight excluding hydrogens is 366 g/mol. The van der Waals surface area contributed by atoms with Crippen LogP contribution in [0, 0.1) is 0 Å². The minimum atomic E-state index is -0.0101. The Hall–Kier alpha value is -2.99. The summed E-state index contributed by atoms with van der Waals surface area (Å²) in [5.41, 5.74) is 2.01. The molecule has 29 heavy (non-hydrogen) atoms. The molecule has 1 unspecified atom stereocenters. The molecule has 154 valence electrons. The summed E-state index contributed by atoms with van der Waals surface area (Å²) in [7, 11) is 3.46. The molecule has 0 saturated heterocycles. The molecule has 0 aliphatic heterocycles. The summed E-state index contributed by atoms with van der Waals surface area (Å²) >= 11 is 0. The second-order valence-corrected chi connectivity index (χ2v) is 6.82. The summed E-state index contributed by atoms with van der Waals surface area (Å²) in [6.45, 7) is 4.04. The smallest absolute Gasteiger partial charge is 0.191 e. The van der Waals surface area contributed by atoms with Crippen molar-refractivity contribution in [2.45, 2.75) is 25.9 Å². The van der Waals surface area contributed by atoms with Gasteiger partial charge in [0.2, 0.25) is 0 Å². The Labute approximate surface area is 171 Å². The molecule has 0 bridgehead atoms. The third-order valence-corrected chi connectivity index (χ3v) is 4.57. The summed E-state index contributed by atoms with van der Waals surface area (Å²) in [5, 5.41) is 7.82. The first kappa shape index (κ1) is 20.7. The van der Waals surface area contributed by atoms with Crippen LogP contribution in [-0.2, 0) is 11.3 Å². The fourth-order valence-electron chi connectivity index (χ4n) is 3.01. The monoisotopic (exact) mass is 395 g/mol. The number of ether oxygens (including phenoxy) is 2. The Kier molecular flexibility index (Phi) is 7.53. The molecule has 6 nitrogen and oxygen atoms in total. The number of benzene rings is 2. The third-order valence-electron chi connectivity index (χ3n) is 4.57. The Morgan fingerprint density at radius 2 is 1.97 bits per heavy atom. The fraction of sp³-hybridized carbons (Fsp3) is 0.348. The molecule has 1 atom stereocenters. The zero-order chi connectivity index (χ0) is 20.5. The molecule has 0 radical (unpaired) electrons. The summed E-state index contributed by atoms with van der Waals surface area (Å²) < 4.78 is 16.7. The first-order chi connectivity index (χ1) is 14.2. The van der Waals surface area contributed by atoms with Gasteiger partial charge in [-0.05, 0) is 36.8 Å². The average Bonchev–Trinajstić information content (AvgIpc) is 3.19. The lowest BCUT2D eigenvalue weighted by Crippen LogP contribution is -2.38. The Bertz CT molecular complexity index is 903. The SMILES string of the molecule is CN=C(NCc1cccc(OCCCOC)c1)NC(C)c1cc2ccccc2o1. The van der Waals surface area contributed by atoms with Crippen LogP contribution < -0.4 is 15.4 Å². The van der Waals surface area contributed by atoms with E-state index in [1.54, 1.807) is 14.2 Å². The molecule has 2 N–H and O–H groups in total. The zero-order valence-corrected chi connectivity index (χ0v) is 17.3. The van der Waals surface area contributed by atoms with E-state index in [0.717, 1.165) is 34.5 Å². The maximum atomic E-state index is 5.94. The first-order valence-corrected chi connectivity index (χ1v) is 9.86. The highest BCUT2D eigenvalue weighted by Gasteiger charge is 2.13. The lowest BCUT2D eigenvalue weighted by atomic mass is 10.2. The second-order valence-electron chi connectivity index (χ2n) is 6.82. The predicted octanol–water partition coefficient (Wildman–Crippen LogP) is 4.27. The van der Waals surface area contributed by atoms with E-state index in [9.17, 15) is 0 Å². The van der Waals surface area contributed by atoms with Crippen LogP contribution in [0.5, 0.6) is 5.75 Å². The lowest BCUT2D eigenvalue weighted by molar-refractivity contribution is 0.172. The minimum Gasteiger partial charge on any atom is -0.493 e. The number of rotatable bonds is 9. The third kappa shape index (κ3) is 5.99. The van der Waals surface area contributed by atoms with Crippen molar-refractivity contribution in [2.24, 2.45) is 4.99 Å². The molecule has 0 aliphatic carbocycles. The van der Waals surface area contributed by atoms with E-state index in [-0.39, 0.29) is 6.04 Å². The van der Waals surface area contributed by atoms with Gasteiger partial charge in [0, 0.05) is 39.1 Å². The number of nitrogens with zero attached hydrogens (tertiary/aromatic N) is 1. The molecule has 0 spiro atoms. The quantitative estimate of drug-likeness (QED) is 0.322. The van der Waals surface area contributed by atoms with E-state index >= 15 is 0 Å². The van der Waals surface area contributed by atoms with Crippen LogP contribution in [0.3, 0.4) is 0 Å². The number of aliphatic imine (C=N–C) groups is 1. The molecule has 0 aliphatic rings. The van der Waals surface area contributed by atoms with Crippen LogP contribution in [0.4, 0.5) is 0 Å². The average molecular weight is 396 g/mol. The number of methoxy groups -OCH3 is 1. The number of guanidine groups is 1. The molecule has 2 aromatic carbocycles. The topological polar surface area (TPSA) is 68.0 Å². The van der Waals surface area contributed by atoms with Gasteiger partial charge in [-0.3, -0.25) is 4.99 Å². The number of fused-ring (bicyclic) bond motifs is 1. The highest BCUT2D eigenvalue weighted by molar-refractivity contribution is 5.81. The first-order valence-electron chi connectivity index (χ1n) is 9.86. The van der Waals surface area contributed by atoms with Gasteiger partial charge in [0.1, 0.15) is 17.1 Å². The van der Waals surface area contributed by atoms with Crippen molar-refractivity contribution in [3.8, 4) is 5.75 Å². The number of para-hydroxylation sites is 1. The highest BCUT2D eigenvalue weighted by atomic mass is 16.5. The summed E-state index contributed by atoms with van der Waals surface area (Å²) in [6, 6.07) is 18.1. The summed E-state index contributed by atoms with van der Waals surface area (Å²) in [5.74, 6) is 2.45. The summed E-state index contributed by atoms with van der Waals surface area (Å²) in [6.07, 6.45) is 0.870. The Morgan fingerprint density at radius 1 is 1.10 bits per heavy atom. The molecule has 3 rings (SSSR count). The van der Waals surface area contributed by atoms with Crippen molar-refractivity contribution in [2.75, 3.05) is 27.4 Å². The van der Waals surface area contributed by atoms with Crippen LogP contribution >= 0.6 is 0 Å². The van der Waals surface area contributed by atoms with Gasteiger partial charge in [0.05, 0.1) is 12.6 Å². The van der Waals surface area contributed by atoms with E-state index in [2.05, 4.69) is 34.7 Å². The van der Waals surface area contributed by atoms with E-state index in [1.165, 1.54) is 0 Å². The number of hydrogen-bond donors (Lipinski definition) is 2. The molecule has 0 saturated carbocycles. The lowest BCUT2D eigenvalue weighted by Gasteiger charge is -2.16. The number of furan rings is 1. The van der Waals surface area contributed by atoms with Crippen LogP contribution in [0.1, 0.15) is 30.7 Å². The van der Waals surface area contributed by atoms with Crippen molar-refractivity contribution in [3.05, 3.63) is 65.9 Å². The normalized spacial score (nSPS) is 12.7. The molecule has 3 aromatic rings. The molecule has 1 heterocycles. The van der Waals surface area contributed by atoms with E-state index in [4.69, 9.17) is 13.9 Å². The largest absolute Gasteiger partial charge is 0.493 e. The van der Waals surface area contributed by atoms with Gasteiger partial charge in [0.25, 0.3) is 0 Å². The Morgan fingerprint density at radius 3 is 2.76 bits per heavy atom. The van der Waals surface area contributed by atoms with Gasteiger partial charge >= 0.3 is 0 Å². The van der Waals surface area contributed by atoms with Gasteiger partial charge in [0.15, 0.2) is 5.96 Å². The van der Waals surface area contributed by atoms with Crippen molar-refractivity contribution in [1.29, 1.82) is 0 Å². The zero-order valence-electron chi connectivity index (χ0n) is 17.3. The van der Waals surface area contributed by atoms with Crippen LogP contribution in [0.2, 0.25) is 0 Å². The maximum absolute atomic E-state index is 5.94. The van der Waals surface area contributed by atoms with Gasteiger partial charge in [-0.25, -0.2) is 0 Å². The van der Waals surface area contributed by atoms with Gasteiger partial charge in [-0.2, -0.15) is 0 Å². The van der Waals surface area contributed by atoms with Crippen molar-refractivity contribution in [1.82, 2.24) is 10.6 Å². The molecule has 1 aromatic heterocycles.